The van der Waals surface area contributed by atoms with Gasteiger partial charge in [-0.05, 0) is 100 Å². The molecule has 0 heteroatoms. The summed E-state index contributed by atoms with van der Waals surface area (Å²) in [6, 6.07) is 9.31. The second-order valence-corrected chi connectivity index (χ2v) is 7.90. The normalized spacial score (nSPS) is 15.7. The van der Waals surface area contributed by atoms with Crippen LogP contribution in [0.3, 0.4) is 0 Å². The molecule has 2 aliphatic carbocycles. The Morgan fingerprint density at radius 3 is 2.38 bits per heavy atom. The van der Waals surface area contributed by atoms with Crippen molar-refractivity contribution in [2.24, 2.45) is 0 Å². The van der Waals surface area contributed by atoms with Gasteiger partial charge in [-0.1, -0.05) is 54.1 Å². The van der Waals surface area contributed by atoms with Crippen LogP contribution in [-0.4, -0.2) is 0 Å². The molecule has 128 valence electrons. The first-order valence-electron chi connectivity index (χ1n) is 9.60. The number of hydrogen-bond donors (Lipinski definition) is 0. The largest absolute Gasteiger partial charge is 0.0798 e. The van der Waals surface area contributed by atoms with Gasteiger partial charge in [0.2, 0.25) is 0 Å². The van der Waals surface area contributed by atoms with Crippen molar-refractivity contribution < 1.29 is 0 Å². The molecule has 26 heavy (non-hydrogen) atoms. The lowest BCUT2D eigenvalue weighted by atomic mass is 9.87. The van der Waals surface area contributed by atoms with Crippen LogP contribution in [0.5, 0.6) is 0 Å². The number of benzene rings is 3. The summed E-state index contributed by atoms with van der Waals surface area (Å²) in [4.78, 5) is 0. The van der Waals surface area contributed by atoms with Gasteiger partial charge in [0, 0.05) is 0 Å². The maximum atomic E-state index is 2.43. The van der Waals surface area contributed by atoms with E-state index in [1.165, 1.54) is 65.4 Å². The van der Waals surface area contributed by atoms with Gasteiger partial charge in [0.15, 0.2) is 0 Å². The Balaban J connectivity index is 2.22. The van der Waals surface area contributed by atoms with Crippen LogP contribution in [0, 0.1) is 13.8 Å². The van der Waals surface area contributed by atoms with E-state index in [0.29, 0.717) is 0 Å². The molecule has 3 aromatic rings. The van der Waals surface area contributed by atoms with Crippen LogP contribution in [0.25, 0.3) is 44.8 Å². The van der Waals surface area contributed by atoms with Crippen LogP contribution >= 0.6 is 0 Å². The fraction of sp³-hybridized carbons (Fsp3) is 0.231. The lowest BCUT2D eigenvalue weighted by Gasteiger charge is -2.17. The van der Waals surface area contributed by atoms with Crippen molar-refractivity contribution in [2.75, 3.05) is 0 Å². The van der Waals surface area contributed by atoms with Crippen molar-refractivity contribution in [3.8, 4) is 0 Å². The standard InChI is InChI=1S/C26H24/c1-15-7-5-9-19-22-14-12-18(4)24-16(2)8-6-10-20(26(22)24)21-13-11-17(3)23(15)25(19)21/h5,8-14H,6-7H2,1-4H3. The summed E-state index contributed by atoms with van der Waals surface area (Å²) in [5.74, 6) is 0. The maximum Gasteiger partial charge on any atom is -0.00243 e. The van der Waals surface area contributed by atoms with E-state index < -0.39 is 0 Å². The zero-order chi connectivity index (χ0) is 18.0. The fourth-order valence-corrected chi connectivity index (χ4v) is 5.05. The third-order valence-corrected chi connectivity index (χ3v) is 6.22. The van der Waals surface area contributed by atoms with Gasteiger partial charge in [-0.15, -0.1) is 0 Å². The van der Waals surface area contributed by atoms with E-state index in [2.05, 4.69) is 76.3 Å². The Bertz CT molecular complexity index is 1290. The van der Waals surface area contributed by atoms with Gasteiger partial charge < -0.3 is 0 Å². The van der Waals surface area contributed by atoms with Crippen molar-refractivity contribution >= 4 is 44.8 Å². The second-order valence-electron chi connectivity index (χ2n) is 7.90. The summed E-state index contributed by atoms with van der Waals surface area (Å²) in [5.41, 5.74) is 8.49. The molecule has 0 N–H and O–H groups in total. The van der Waals surface area contributed by atoms with Gasteiger partial charge in [0.1, 0.15) is 0 Å². The molecule has 0 aliphatic heterocycles. The monoisotopic (exact) mass is 336 g/mol. The van der Waals surface area contributed by atoms with E-state index in [9.17, 15) is 0 Å². The molecule has 0 saturated heterocycles. The van der Waals surface area contributed by atoms with Crippen molar-refractivity contribution in [3.05, 3.63) is 69.1 Å². The van der Waals surface area contributed by atoms with E-state index >= 15 is 0 Å². The summed E-state index contributed by atoms with van der Waals surface area (Å²) in [5, 5.41) is 8.59. The average molecular weight is 336 g/mol. The number of rotatable bonds is 0. The highest BCUT2D eigenvalue weighted by Gasteiger charge is 2.18. The minimum absolute atomic E-state index is 1.01. The minimum Gasteiger partial charge on any atom is -0.0798 e. The molecule has 0 unspecified atom stereocenters. The van der Waals surface area contributed by atoms with E-state index in [1.54, 1.807) is 0 Å². The predicted octanol–water partition coefficient (Wildman–Crippen LogP) is 5.78. The summed E-state index contributed by atoms with van der Waals surface area (Å²) in [6.07, 6.45) is 11.6. The van der Waals surface area contributed by atoms with Gasteiger partial charge in [0.25, 0.3) is 0 Å². The van der Waals surface area contributed by atoms with E-state index in [4.69, 9.17) is 0 Å². The minimum atomic E-state index is 1.01. The summed E-state index contributed by atoms with van der Waals surface area (Å²) in [6.45, 7) is 9.06. The Morgan fingerprint density at radius 2 is 1.54 bits per heavy atom. The lowest BCUT2D eigenvalue weighted by molar-refractivity contribution is 1.33. The lowest BCUT2D eigenvalue weighted by Crippen LogP contribution is -2.17. The first-order valence-corrected chi connectivity index (χ1v) is 9.60. The zero-order valence-electron chi connectivity index (χ0n) is 16.0. The summed E-state index contributed by atoms with van der Waals surface area (Å²) < 4.78 is 0. The number of fused-ring (bicyclic) bond motifs is 2. The third kappa shape index (κ3) is 1.96. The smallest absolute Gasteiger partial charge is 0.00243 e. The Morgan fingerprint density at radius 1 is 0.769 bits per heavy atom. The van der Waals surface area contributed by atoms with E-state index in [0.717, 1.165) is 12.8 Å². The van der Waals surface area contributed by atoms with Gasteiger partial charge in [-0.3, -0.25) is 0 Å². The van der Waals surface area contributed by atoms with Gasteiger partial charge in [-0.2, -0.15) is 0 Å². The average Bonchev–Trinajstić information content (AvgIpc) is 2.90. The van der Waals surface area contributed by atoms with Crippen molar-refractivity contribution in [1.29, 1.82) is 0 Å². The predicted molar refractivity (Wildman–Crippen MR) is 116 cm³/mol. The summed E-state index contributed by atoms with van der Waals surface area (Å²) >= 11 is 0. The van der Waals surface area contributed by atoms with E-state index in [1.807, 2.05) is 0 Å². The molecular weight excluding hydrogens is 312 g/mol. The molecule has 0 radical (unpaired) electrons. The highest BCUT2D eigenvalue weighted by molar-refractivity contribution is 6.12. The second kappa shape index (κ2) is 5.45. The topological polar surface area (TPSA) is 0 Å². The molecule has 0 saturated carbocycles. The third-order valence-electron chi connectivity index (χ3n) is 6.22. The quantitative estimate of drug-likeness (QED) is 0.456. The fourth-order valence-electron chi connectivity index (χ4n) is 5.05. The highest BCUT2D eigenvalue weighted by Crippen LogP contribution is 2.34. The molecule has 0 spiro atoms. The van der Waals surface area contributed by atoms with Gasteiger partial charge >= 0.3 is 0 Å². The van der Waals surface area contributed by atoms with Crippen molar-refractivity contribution in [2.45, 2.75) is 40.5 Å². The molecule has 5 rings (SSSR count). The Kier molecular flexibility index (Phi) is 3.28. The van der Waals surface area contributed by atoms with E-state index in [-0.39, 0.29) is 0 Å². The molecule has 0 fully saturated rings. The molecule has 0 amide bonds. The molecule has 0 aromatic heterocycles. The van der Waals surface area contributed by atoms with Crippen LogP contribution in [0.2, 0.25) is 0 Å². The molecule has 3 aromatic carbocycles. The zero-order valence-corrected chi connectivity index (χ0v) is 16.0. The molecule has 0 bridgehead atoms. The molecule has 0 atom stereocenters. The summed E-state index contributed by atoms with van der Waals surface area (Å²) in [7, 11) is 0. The van der Waals surface area contributed by atoms with Crippen LogP contribution in [0.15, 0.2) is 36.4 Å². The van der Waals surface area contributed by atoms with Gasteiger partial charge in [-0.25, -0.2) is 0 Å². The molecule has 2 aliphatic rings. The number of hydrogen-bond acceptors (Lipinski definition) is 0. The molecular formula is C26H24. The Hall–Kier alpha value is -2.60. The van der Waals surface area contributed by atoms with Crippen LogP contribution in [0.4, 0.5) is 0 Å². The Labute approximate surface area is 154 Å². The molecule has 0 nitrogen and oxygen atoms in total. The van der Waals surface area contributed by atoms with Crippen LogP contribution < -0.4 is 10.4 Å². The molecule has 0 heterocycles. The SMILES string of the molecule is CC1=CCC=c2c3ccc(C)c4c3c(c3ccc(C)c1c23)C=CCC=4C. The highest BCUT2D eigenvalue weighted by atomic mass is 14.2. The van der Waals surface area contributed by atoms with Crippen LogP contribution in [-0.2, 0) is 0 Å². The number of allylic oxidation sites excluding steroid dienone is 3. The van der Waals surface area contributed by atoms with Crippen molar-refractivity contribution in [3.63, 3.8) is 0 Å². The maximum absolute atomic E-state index is 2.43. The first kappa shape index (κ1) is 15.6. The van der Waals surface area contributed by atoms with Crippen LogP contribution in [0.1, 0.15) is 48.9 Å². The number of aryl methyl sites for hydroxylation is 2. The van der Waals surface area contributed by atoms with Crippen molar-refractivity contribution in [1.82, 2.24) is 0 Å². The van der Waals surface area contributed by atoms with Gasteiger partial charge in [0.05, 0.1) is 0 Å². The first-order chi connectivity index (χ1) is 12.6.